The summed E-state index contributed by atoms with van der Waals surface area (Å²) in [5.74, 6) is 0. The van der Waals surface area contributed by atoms with Crippen LogP contribution in [0.25, 0.3) is 0 Å². The lowest BCUT2D eigenvalue weighted by atomic mass is 10.4. The Morgan fingerprint density at radius 1 is 1.20 bits per heavy atom. The molecule has 15 heavy (non-hydrogen) atoms. The van der Waals surface area contributed by atoms with Crippen molar-refractivity contribution in [1.29, 1.82) is 0 Å². The zero-order chi connectivity index (χ0) is 11.1. The first-order valence-electron chi connectivity index (χ1n) is 6.00. The van der Waals surface area contributed by atoms with Crippen molar-refractivity contribution in [1.82, 2.24) is 4.57 Å². The van der Waals surface area contributed by atoms with Crippen LogP contribution in [0.3, 0.4) is 0 Å². The molecule has 3 nitrogen and oxygen atoms in total. The summed E-state index contributed by atoms with van der Waals surface area (Å²) in [6, 6.07) is 1.10. The smallest absolute Gasteiger partial charge is 0.379 e. The van der Waals surface area contributed by atoms with E-state index in [2.05, 4.69) is 23.8 Å². The Morgan fingerprint density at radius 2 is 1.87 bits per heavy atom. The van der Waals surface area contributed by atoms with Crippen LogP contribution in [0.5, 0.6) is 0 Å². The maximum atomic E-state index is 5.93. The summed E-state index contributed by atoms with van der Waals surface area (Å²) in [5, 5.41) is 0. The Balaban J connectivity index is 2.69. The normalized spacial score (nSPS) is 20.3. The molecule has 4 heteroatoms. The quantitative estimate of drug-likeness (QED) is 0.654. The molecular weight excluding hydrogens is 206 g/mol. The topological polar surface area (TPSA) is 21.7 Å². The molecule has 0 N–H and O–H groups in total. The van der Waals surface area contributed by atoms with Crippen molar-refractivity contribution in [3.05, 3.63) is 12.3 Å². The first-order valence-corrected chi connectivity index (χ1v) is 7.97. The molecule has 0 amide bonds. The molecule has 1 heterocycles. The second-order valence-corrected chi connectivity index (χ2v) is 6.75. The molecule has 0 unspecified atom stereocenters. The Kier molecular flexibility index (Phi) is 5.35. The van der Waals surface area contributed by atoms with E-state index in [0.29, 0.717) is 0 Å². The number of hydrogen-bond acceptors (Lipinski definition) is 3. The predicted molar refractivity (Wildman–Crippen MR) is 64.6 cm³/mol. The molecule has 1 rings (SSSR count). The van der Waals surface area contributed by atoms with Gasteiger partial charge in [0.25, 0.3) is 0 Å². The van der Waals surface area contributed by atoms with Crippen LogP contribution in [-0.2, 0) is 8.85 Å². The number of allylic oxidation sites excluding steroid dienone is 1. The molecule has 0 aromatic rings. The van der Waals surface area contributed by atoms with Gasteiger partial charge in [-0.25, -0.2) is 0 Å². The first kappa shape index (κ1) is 12.7. The molecule has 1 aliphatic heterocycles. The van der Waals surface area contributed by atoms with Crippen molar-refractivity contribution in [3.63, 3.8) is 0 Å². The van der Waals surface area contributed by atoms with E-state index in [4.69, 9.17) is 8.85 Å². The molecule has 0 radical (unpaired) electrons. The van der Waals surface area contributed by atoms with Crippen molar-refractivity contribution in [2.75, 3.05) is 19.8 Å². The fourth-order valence-electron chi connectivity index (χ4n) is 2.01. The molecule has 1 saturated heterocycles. The summed E-state index contributed by atoms with van der Waals surface area (Å²) >= 11 is 0. The van der Waals surface area contributed by atoms with E-state index in [-0.39, 0.29) is 0 Å². The molecule has 1 aliphatic rings. The number of hydrogen-bond donors (Lipinski definition) is 0. The van der Waals surface area contributed by atoms with Gasteiger partial charge >= 0.3 is 8.72 Å². The fraction of sp³-hybridized carbons (Fsp3) is 0.818. The van der Waals surface area contributed by atoms with E-state index in [1.54, 1.807) is 0 Å². The summed E-state index contributed by atoms with van der Waals surface area (Å²) in [4.78, 5) is 0. The maximum Gasteiger partial charge on any atom is 0.459 e. The van der Waals surface area contributed by atoms with Gasteiger partial charge in [0.1, 0.15) is 0 Å². The molecule has 1 fully saturated rings. The monoisotopic (exact) mass is 229 g/mol. The van der Waals surface area contributed by atoms with Crippen molar-refractivity contribution in [2.45, 2.75) is 39.7 Å². The molecule has 0 aromatic carbocycles. The number of nitrogens with zero attached hydrogens (tertiary/aromatic N) is 1. The largest absolute Gasteiger partial charge is 0.459 e. The SMILES string of the molecule is CCC=CN1CCC[Si]1(OCC)OCC. The molecule has 0 saturated carbocycles. The summed E-state index contributed by atoms with van der Waals surface area (Å²) < 4.78 is 14.2. The van der Waals surface area contributed by atoms with Crippen LogP contribution in [0, 0.1) is 0 Å². The summed E-state index contributed by atoms with van der Waals surface area (Å²) in [5.41, 5.74) is 0. The molecule has 0 atom stereocenters. The third-order valence-electron chi connectivity index (χ3n) is 2.59. The average Bonchev–Trinajstić information content (AvgIpc) is 2.59. The van der Waals surface area contributed by atoms with E-state index in [0.717, 1.165) is 32.2 Å². The highest BCUT2D eigenvalue weighted by molar-refractivity contribution is 6.65. The standard InChI is InChI=1S/C11H23NO2Si/c1-4-7-9-12-10-8-11-15(12,13-5-2)14-6-3/h7,9H,4-6,8,10-11H2,1-3H3. The van der Waals surface area contributed by atoms with Crippen LogP contribution >= 0.6 is 0 Å². The van der Waals surface area contributed by atoms with Gasteiger partial charge in [-0.1, -0.05) is 13.0 Å². The Morgan fingerprint density at radius 3 is 2.40 bits per heavy atom. The number of rotatable bonds is 6. The third kappa shape index (κ3) is 3.06. The second kappa shape index (κ2) is 6.30. The predicted octanol–water partition coefficient (Wildman–Crippen LogP) is 2.63. The van der Waals surface area contributed by atoms with Gasteiger partial charge in [0.05, 0.1) is 0 Å². The molecule has 88 valence electrons. The minimum atomic E-state index is -2.05. The van der Waals surface area contributed by atoms with Crippen molar-refractivity contribution in [3.8, 4) is 0 Å². The van der Waals surface area contributed by atoms with Gasteiger partial charge in [-0.05, 0) is 32.9 Å². The van der Waals surface area contributed by atoms with Crippen LogP contribution in [-0.4, -0.2) is 33.0 Å². The molecule has 0 aliphatic carbocycles. The second-order valence-electron chi connectivity index (χ2n) is 3.67. The molecule has 0 aromatic heterocycles. The average molecular weight is 229 g/mol. The highest BCUT2D eigenvalue weighted by Gasteiger charge is 2.47. The molecule has 0 spiro atoms. The van der Waals surface area contributed by atoms with Gasteiger partial charge in [-0.15, -0.1) is 0 Å². The van der Waals surface area contributed by atoms with Gasteiger partial charge < -0.3 is 13.4 Å². The minimum absolute atomic E-state index is 0.753. The molecular formula is C11H23NO2Si. The fourth-order valence-corrected chi connectivity index (χ4v) is 5.34. The van der Waals surface area contributed by atoms with E-state index < -0.39 is 8.72 Å². The van der Waals surface area contributed by atoms with Crippen molar-refractivity contribution in [2.24, 2.45) is 0 Å². The zero-order valence-electron chi connectivity index (χ0n) is 10.2. The van der Waals surface area contributed by atoms with Gasteiger partial charge in [-0.3, -0.25) is 0 Å². The van der Waals surface area contributed by atoms with E-state index in [9.17, 15) is 0 Å². The van der Waals surface area contributed by atoms with Crippen LogP contribution in [0.1, 0.15) is 33.6 Å². The lowest BCUT2D eigenvalue weighted by Gasteiger charge is -2.33. The highest BCUT2D eigenvalue weighted by Crippen LogP contribution is 2.28. The molecule has 0 bridgehead atoms. The first-order chi connectivity index (χ1) is 7.29. The van der Waals surface area contributed by atoms with E-state index >= 15 is 0 Å². The van der Waals surface area contributed by atoms with Crippen LogP contribution in [0.15, 0.2) is 12.3 Å². The van der Waals surface area contributed by atoms with Crippen LogP contribution in [0.2, 0.25) is 6.04 Å². The Hall–Kier alpha value is -0.323. The Bertz CT molecular complexity index is 203. The lowest BCUT2D eigenvalue weighted by molar-refractivity contribution is 0.151. The highest BCUT2D eigenvalue weighted by atomic mass is 28.4. The van der Waals surface area contributed by atoms with Crippen LogP contribution in [0.4, 0.5) is 0 Å². The zero-order valence-corrected chi connectivity index (χ0v) is 11.2. The third-order valence-corrected chi connectivity index (χ3v) is 6.30. The van der Waals surface area contributed by atoms with E-state index in [1.165, 1.54) is 6.42 Å². The maximum absolute atomic E-state index is 5.93. The van der Waals surface area contributed by atoms with Crippen molar-refractivity contribution < 1.29 is 8.85 Å². The minimum Gasteiger partial charge on any atom is -0.379 e. The van der Waals surface area contributed by atoms with E-state index in [1.807, 2.05) is 13.8 Å². The summed E-state index contributed by atoms with van der Waals surface area (Å²) in [6.45, 7) is 8.84. The summed E-state index contributed by atoms with van der Waals surface area (Å²) in [7, 11) is -2.05. The van der Waals surface area contributed by atoms with Gasteiger partial charge in [0.2, 0.25) is 0 Å². The Labute approximate surface area is 94.4 Å². The van der Waals surface area contributed by atoms with Gasteiger partial charge in [0, 0.05) is 25.8 Å². The van der Waals surface area contributed by atoms with Crippen molar-refractivity contribution >= 4 is 8.72 Å². The van der Waals surface area contributed by atoms with Gasteiger partial charge in [0.15, 0.2) is 0 Å². The van der Waals surface area contributed by atoms with Gasteiger partial charge in [-0.2, -0.15) is 0 Å². The van der Waals surface area contributed by atoms with Crippen LogP contribution < -0.4 is 0 Å². The summed E-state index contributed by atoms with van der Waals surface area (Å²) in [6.07, 6.45) is 6.62. The lowest BCUT2D eigenvalue weighted by Crippen LogP contribution is -2.52.